The van der Waals surface area contributed by atoms with Crippen LogP contribution in [0.15, 0.2) is 60.9 Å². The number of hydrogen-bond acceptors (Lipinski definition) is 6. The number of ether oxygens (including phenoxy) is 1. The summed E-state index contributed by atoms with van der Waals surface area (Å²) in [7, 11) is 0. The Bertz CT molecular complexity index is 1320. The van der Waals surface area contributed by atoms with E-state index in [9.17, 15) is 9.18 Å². The smallest absolute Gasteiger partial charge is 0.416 e. The lowest BCUT2D eigenvalue weighted by molar-refractivity contribution is 0.0579. The first kappa shape index (κ1) is 25.0. The quantitative estimate of drug-likeness (QED) is 0.358. The number of halogens is 1. The Morgan fingerprint density at radius 3 is 2.28 bits per heavy atom. The highest BCUT2D eigenvalue weighted by Gasteiger charge is 2.25. The van der Waals surface area contributed by atoms with Crippen LogP contribution in [0.2, 0.25) is 0 Å². The predicted molar refractivity (Wildman–Crippen MR) is 136 cm³/mol. The highest BCUT2D eigenvalue weighted by molar-refractivity contribution is 5.86. The van der Waals surface area contributed by atoms with Gasteiger partial charge in [-0.3, -0.25) is 14.9 Å². The molecule has 0 fully saturated rings. The lowest BCUT2D eigenvalue weighted by Gasteiger charge is -2.26. The standard InChI is InChI=1S/C27H29FN6O2/c1-18-8-9-19(2)34(18)20-10-11-23(30-17-20)24-12-13-25(32-31-24)33(26(35)36-27(3,4)5)16-14-22-21(28)7-6-15-29-22/h6-13,15,17H,14,16H2,1-5H3. The number of carbonyl (C=O) groups is 1. The van der Waals surface area contributed by atoms with Gasteiger partial charge in [0.05, 0.1) is 23.3 Å². The first-order valence-electron chi connectivity index (χ1n) is 11.7. The molecule has 0 N–H and O–H groups in total. The van der Waals surface area contributed by atoms with E-state index in [0.29, 0.717) is 17.2 Å². The minimum Gasteiger partial charge on any atom is -0.443 e. The third-order valence-electron chi connectivity index (χ3n) is 5.49. The SMILES string of the molecule is Cc1ccc(C)n1-c1ccc(-c2ccc(N(CCc3ncccc3F)C(=O)OC(C)(C)C)nn2)nc1. The van der Waals surface area contributed by atoms with Crippen LogP contribution in [0, 0.1) is 19.7 Å². The van der Waals surface area contributed by atoms with Gasteiger partial charge in [-0.25, -0.2) is 9.18 Å². The third-order valence-corrected chi connectivity index (χ3v) is 5.49. The van der Waals surface area contributed by atoms with Gasteiger partial charge in [-0.15, -0.1) is 10.2 Å². The molecule has 0 atom stereocenters. The number of anilines is 1. The molecular formula is C27H29FN6O2. The van der Waals surface area contributed by atoms with Crippen molar-refractivity contribution in [1.29, 1.82) is 0 Å². The molecule has 0 aromatic carbocycles. The van der Waals surface area contributed by atoms with Crippen molar-refractivity contribution in [3.8, 4) is 17.1 Å². The van der Waals surface area contributed by atoms with Crippen LogP contribution in [0.1, 0.15) is 37.9 Å². The van der Waals surface area contributed by atoms with Crippen molar-refractivity contribution >= 4 is 11.9 Å². The van der Waals surface area contributed by atoms with E-state index in [1.54, 1.807) is 39.1 Å². The van der Waals surface area contributed by atoms with E-state index in [1.807, 2.05) is 26.0 Å². The summed E-state index contributed by atoms with van der Waals surface area (Å²) in [5.74, 6) is -0.137. The molecule has 0 unspecified atom stereocenters. The Morgan fingerprint density at radius 2 is 1.69 bits per heavy atom. The van der Waals surface area contributed by atoms with E-state index in [1.165, 1.54) is 23.2 Å². The van der Waals surface area contributed by atoms with E-state index in [0.717, 1.165) is 17.1 Å². The maximum atomic E-state index is 14.1. The summed E-state index contributed by atoms with van der Waals surface area (Å²) in [5, 5.41) is 8.55. The molecule has 0 radical (unpaired) electrons. The summed E-state index contributed by atoms with van der Waals surface area (Å²) in [5.41, 5.74) is 3.97. The van der Waals surface area contributed by atoms with Gasteiger partial charge in [0.1, 0.15) is 17.1 Å². The van der Waals surface area contributed by atoms with Crippen molar-refractivity contribution in [2.24, 2.45) is 0 Å². The Hall–Kier alpha value is -4.14. The maximum Gasteiger partial charge on any atom is 0.416 e. The largest absolute Gasteiger partial charge is 0.443 e. The minimum absolute atomic E-state index is 0.124. The fourth-order valence-corrected chi connectivity index (χ4v) is 3.79. The maximum absolute atomic E-state index is 14.1. The highest BCUT2D eigenvalue weighted by atomic mass is 19.1. The first-order valence-corrected chi connectivity index (χ1v) is 11.7. The van der Waals surface area contributed by atoms with Crippen LogP contribution in [0.5, 0.6) is 0 Å². The van der Waals surface area contributed by atoms with Crippen molar-refractivity contribution < 1.29 is 13.9 Å². The second-order valence-corrected chi connectivity index (χ2v) is 9.44. The Labute approximate surface area is 209 Å². The summed E-state index contributed by atoms with van der Waals surface area (Å²) in [6, 6.07) is 14.3. The average molecular weight is 489 g/mol. The number of amides is 1. The highest BCUT2D eigenvalue weighted by Crippen LogP contribution is 2.22. The second-order valence-electron chi connectivity index (χ2n) is 9.44. The van der Waals surface area contributed by atoms with E-state index in [4.69, 9.17) is 4.74 Å². The molecule has 9 heteroatoms. The Balaban J connectivity index is 1.56. The summed E-state index contributed by atoms with van der Waals surface area (Å²) >= 11 is 0. The molecule has 0 saturated carbocycles. The van der Waals surface area contributed by atoms with Crippen LogP contribution >= 0.6 is 0 Å². The molecular weight excluding hydrogens is 459 g/mol. The van der Waals surface area contributed by atoms with Gasteiger partial charge >= 0.3 is 6.09 Å². The van der Waals surface area contributed by atoms with E-state index in [-0.39, 0.29) is 18.7 Å². The summed E-state index contributed by atoms with van der Waals surface area (Å²) in [6.45, 7) is 9.56. The summed E-state index contributed by atoms with van der Waals surface area (Å²) in [6.07, 6.45) is 2.90. The average Bonchev–Trinajstić information content (AvgIpc) is 3.17. The number of aromatic nitrogens is 5. The zero-order valence-corrected chi connectivity index (χ0v) is 21.1. The van der Waals surface area contributed by atoms with Crippen LogP contribution in [0.4, 0.5) is 15.0 Å². The summed E-state index contributed by atoms with van der Waals surface area (Å²) in [4.78, 5) is 22.9. The molecule has 36 heavy (non-hydrogen) atoms. The van der Waals surface area contributed by atoms with Crippen LogP contribution < -0.4 is 4.90 Å². The van der Waals surface area contributed by atoms with Crippen molar-refractivity contribution in [3.05, 3.63) is 83.8 Å². The molecule has 0 spiro atoms. The number of rotatable bonds is 6. The number of carbonyl (C=O) groups excluding carboxylic acids is 1. The van der Waals surface area contributed by atoms with Crippen molar-refractivity contribution in [2.45, 2.75) is 46.6 Å². The molecule has 186 valence electrons. The van der Waals surface area contributed by atoms with Crippen LogP contribution in [0.3, 0.4) is 0 Å². The molecule has 4 aromatic heterocycles. The third kappa shape index (κ3) is 5.73. The van der Waals surface area contributed by atoms with Crippen molar-refractivity contribution in [2.75, 3.05) is 11.4 Å². The summed E-state index contributed by atoms with van der Waals surface area (Å²) < 4.78 is 21.7. The van der Waals surface area contributed by atoms with Gasteiger partial charge in [0.2, 0.25) is 0 Å². The van der Waals surface area contributed by atoms with Gasteiger partial charge in [-0.2, -0.15) is 0 Å². The van der Waals surface area contributed by atoms with Crippen LogP contribution in [0.25, 0.3) is 17.1 Å². The van der Waals surface area contributed by atoms with Gasteiger partial charge in [-0.05, 0) is 83.1 Å². The molecule has 0 aliphatic rings. The minimum atomic E-state index is -0.707. The van der Waals surface area contributed by atoms with E-state index < -0.39 is 17.5 Å². The van der Waals surface area contributed by atoms with Crippen molar-refractivity contribution in [1.82, 2.24) is 24.7 Å². The molecule has 8 nitrogen and oxygen atoms in total. The lowest BCUT2D eigenvalue weighted by Crippen LogP contribution is -2.39. The van der Waals surface area contributed by atoms with Gasteiger partial charge < -0.3 is 9.30 Å². The van der Waals surface area contributed by atoms with Gasteiger partial charge in [0.15, 0.2) is 5.82 Å². The van der Waals surface area contributed by atoms with Crippen LogP contribution in [-0.2, 0) is 11.2 Å². The fourth-order valence-electron chi connectivity index (χ4n) is 3.79. The van der Waals surface area contributed by atoms with Gasteiger partial charge in [-0.1, -0.05) is 0 Å². The Morgan fingerprint density at radius 1 is 0.972 bits per heavy atom. The molecule has 0 bridgehead atoms. The zero-order valence-electron chi connectivity index (χ0n) is 21.1. The number of hydrogen-bond donors (Lipinski definition) is 0. The fraction of sp³-hybridized carbons (Fsp3) is 0.296. The Kier molecular flexibility index (Phi) is 7.10. The molecule has 0 aliphatic carbocycles. The number of aryl methyl sites for hydroxylation is 2. The van der Waals surface area contributed by atoms with Crippen molar-refractivity contribution in [3.63, 3.8) is 0 Å². The van der Waals surface area contributed by atoms with Crippen LogP contribution in [-0.4, -0.2) is 43.0 Å². The number of pyridine rings is 2. The normalized spacial score (nSPS) is 11.4. The van der Waals surface area contributed by atoms with E-state index in [2.05, 4.69) is 36.9 Å². The molecule has 1 amide bonds. The molecule has 0 aliphatic heterocycles. The van der Waals surface area contributed by atoms with Gasteiger partial charge in [0.25, 0.3) is 0 Å². The molecule has 4 aromatic rings. The topological polar surface area (TPSA) is 86.0 Å². The second kappa shape index (κ2) is 10.2. The first-order chi connectivity index (χ1) is 17.1. The monoisotopic (exact) mass is 488 g/mol. The number of nitrogens with zero attached hydrogens (tertiary/aromatic N) is 6. The zero-order chi connectivity index (χ0) is 25.9. The lowest BCUT2D eigenvalue weighted by atomic mass is 10.2. The molecule has 4 heterocycles. The predicted octanol–water partition coefficient (Wildman–Crippen LogP) is 5.46. The molecule has 0 saturated heterocycles. The molecule has 4 rings (SSSR count). The van der Waals surface area contributed by atoms with Gasteiger partial charge in [0, 0.05) is 30.6 Å². The van der Waals surface area contributed by atoms with E-state index >= 15 is 0 Å².